The first-order chi connectivity index (χ1) is 8.86. The Hall–Kier alpha value is -1.82. The smallest absolute Gasteiger partial charge is 0.294 e. The number of nitrogens with zero attached hydrogens (tertiary/aromatic N) is 3. The van der Waals surface area contributed by atoms with Crippen LogP contribution in [0.25, 0.3) is 0 Å². The van der Waals surface area contributed by atoms with Gasteiger partial charge in [-0.25, -0.2) is 0 Å². The molecular weight excluding hydrogens is 244 g/mol. The van der Waals surface area contributed by atoms with E-state index in [1.807, 2.05) is 43.9 Å². The normalized spacial score (nSPS) is 10.8. The molecule has 0 aliphatic rings. The molecule has 0 aliphatic carbocycles. The van der Waals surface area contributed by atoms with Crippen molar-refractivity contribution in [2.75, 3.05) is 44.9 Å². The van der Waals surface area contributed by atoms with Gasteiger partial charge in [-0.05, 0) is 32.1 Å². The van der Waals surface area contributed by atoms with E-state index in [0.717, 1.165) is 25.1 Å². The molecule has 106 valence electrons. The van der Waals surface area contributed by atoms with Crippen LogP contribution in [-0.4, -0.2) is 44.1 Å². The van der Waals surface area contributed by atoms with Gasteiger partial charge in [0.05, 0.1) is 4.92 Å². The van der Waals surface area contributed by atoms with Gasteiger partial charge in [-0.1, -0.05) is 6.92 Å². The van der Waals surface area contributed by atoms with Gasteiger partial charge in [0, 0.05) is 31.9 Å². The summed E-state index contributed by atoms with van der Waals surface area (Å²) in [4.78, 5) is 14.7. The van der Waals surface area contributed by atoms with E-state index < -0.39 is 0 Å². The summed E-state index contributed by atoms with van der Waals surface area (Å²) in [5.41, 5.74) is 7.95. The summed E-state index contributed by atoms with van der Waals surface area (Å²) in [6.07, 6.45) is 0.762. The van der Waals surface area contributed by atoms with Crippen LogP contribution < -0.4 is 10.6 Å². The fourth-order valence-corrected chi connectivity index (χ4v) is 1.86. The summed E-state index contributed by atoms with van der Waals surface area (Å²) >= 11 is 0. The van der Waals surface area contributed by atoms with Gasteiger partial charge in [-0.3, -0.25) is 10.1 Å². The van der Waals surface area contributed by atoms with Crippen LogP contribution in [0.1, 0.15) is 12.5 Å². The molecular formula is C13H22N4O2. The average Bonchev–Trinajstić information content (AvgIpc) is 2.35. The second-order valence-electron chi connectivity index (χ2n) is 4.88. The van der Waals surface area contributed by atoms with Gasteiger partial charge in [0.1, 0.15) is 5.69 Å². The molecule has 0 fully saturated rings. The molecule has 1 aromatic carbocycles. The largest absolute Gasteiger partial charge is 0.398 e. The predicted molar refractivity (Wildman–Crippen MR) is 78.7 cm³/mol. The first-order valence-corrected chi connectivity index (χ1v) is 6.29. The van der Waals surface area contributed by atoms with Crippen molar-refractivity contribution >= 4 is 17.1 Å². The number of nitro groups is 1. The molecule has 0 spiro atoms. The molecule has 6 heteroatoms. The molecule has 0 saturated heterocycles. The van der Waals surface area contributed by atoms with Crippen LogP contribution in [0.4, 0.5) is 17.1 Å². The molecule has 1 rings (SSSR count). The number of anilines is 2. The van der Waals surface area contributed by atoms with Crippen LogP contribution in [0.2, 0.25) is 0 Å². The minimum absolute atomic E-state index is 0.0657. The molecule has 2 N–H and O–H groups in total. The third-order valence-corrected chi connectivity index (χ3v) is 3.11. The molecule has 0 aromatic heterocycles. The Morgan fingerprint density at radius 3 is 2.37 bits per heavy atom. The summed E-state index contributed by atoms with van der Waals surface area (Å²) < 4.78 is 0. The van der Waals surface area contributed by atoms with E-state index in [4.69, 9.17) is 5.73 Å². The fourth-order valence-electron chi connectivity index (χ4n) is 1.86. The number of aryl methyl sites for hydroxylation is 1. The van der Waals surface area contributed by atoms with Crippen molar-refractivity contribution < 1.29 is 4.92 Å². The van der Waals surface area contributed by atoms with Crippen molar-refractivity contribution in [3.63, 3.8) is 0 Å². The minimum atomic E-state index is -0.378. The second kappa shape index (κ2) is 6.38. The molecule has 0 radical (unpaired) electrons. The third-order valence-electron chi connectivity index (χ3n) is 3.11. The van der Waals surface area contributed by atoms with Crippen LogP contribution in [0.15, 0.2) is 12.1 Å². The maximum absolute atomic E-state index is 11.1. The van der Waals surface area contributed by atoms with E-state index in [-0.39, 0.29) is 10.6 Å². The van der Waals surface area contributed by atoms with Gasteiger partial charge in [-0.15, -0.1) is 0 Å². The molecule has 19 heavy (non-hydrogen) atoms. The Labute approximate surface area is 113 Å². The number of hydrogen-bond acceptors (Lipinski definition) is 5. The summed E-state index contributed by atoms with van der Waals surface area (Å²) in [7, 11) is 5.81. The first kappa shape index (κ1) is 15.2. The van der Waals surface area contributed by atoms with Gasteiger partial charge >= 0.3 is 0 Å². The summed E-state index contributed by atoms with van der Waals surface area (Å²) in [6.45, 7) is 3.54. The maximum atomic E-state index is 11.1. The van der Waals surface area contributed by atoms with Crippen LogP contribution in [0.5, 0.6) is 0 Å². The zero-order valence-corrected chi connectivity index (χ0v) is 12.0. The molecule has 1 aromatic rings. The SMILES string of the molecule is CCc1cc(N(C)CCN(C)C)c([N+](=O)[O-])cc1N. The number of nitro benzene ring substituents is 1. The predicted octanol–water partition coefficient (Wildman–Crippen LogP) is 1.74. The highest BCUT2D eigenvalue weighted by atomic mass is 16.6. The molecule has 0 bridgehead atoms. The molecule has 6 nitrogen and oxygen atoms in total. The number of likely N-dealkylation sites (N-methyl/N-ethyl adjacent to an activating group) is 2. The minimum Gasteiger partial charge on any atom is -0.398 e. The lowest BCUT2D eigenvalue weighted by Gasteiger charge is -2.22. The molecule has 0 aliphatic heterocycles. The Bertz CT molecular complexity index is 460. The van der Waals surface area contributed by atoms with Crippen molar-refractivity contribution in [3.8, 4) is 0 Å². The molecule has 0 unspecified atom stereocenters. The quantitative estimate of drug-likeness (QED) is 0.482. The number of hydrogen-bond donors (Lipinski definition) is 1. The zero-order chi connectivity index (χ0) is 14.6. The number of nitrogen functional groups attached to an aromatic ring is 1. The topological polar surface area (TPSA) is 75.6 Å². The van der Waals surface area contributed by atoms with Crippen molar-refractivity contribution in [1.29, 1.82) is 0 Å². The highest BCUT2D eigenvalue weighted by Crippen LogP contribution is 2.32. The Kier molecular flexibility index (Phi) is 5.11. The lowest BCUT2D eigenvalue weighted by atomic mass is 10.1. The van der Waals surface area contributed by atoms with Crippen LogP contribution in [0, 0.1) is 10.1 Å². The summed E-state index contributed by atoms with van der Waals surface area (Å²) in [5, 5.41) is 11.1. The Morgan fingerprint density at radius 2 is 1.89 bits per heavy atom. The van der Waals surface area contributed by atoms with E-state index in [2.05, 4.69) is 0 Å². The lowest BCUT2D eigenvalue weighted by Crippen LogP contribution is -2.29. The average molecular weight is 266 g/mol. The first-order valence-electron chi connectivity index (χ1n) is 6.29. The summed E-state index contributed by atoms with van der Waals surface area (Å²) in [5.74, 6) is 0. The number of nitrogens with two attached hydrogens (primary N) is 1. The van der Waals surface area contributed by atoms with Crippen molar-refractivity contribution in [1.82, 2.24) is 4.90 Å². The molecule has 0 atom stereocenters. The van der Waals surface area contributed by atoms with Crippen molar-refractivity contribution in [3.05, 3.63) is 27.8 Å². The highest BCUT2D eigenvalue weighted by Gasteiger charge is 2.19. The Morgan fingerprint density at radius 1 is 1.26 bits per heavy atom. The van der Waals surface area contributed by atoms with Gasteiger partial charge in [0.2, 0.25) is 0 Å². The van der Waals surface area contributed by atoms with Crippen LogP contribution in [-0.2, 0) is 6.42 Å². The van der Waals surface area contributed by atoms with Crippen molar-refractivity contribution in [2.24, 2.45) is 0 Å². The van der Waals surface area contributed by atoms with Gasteiger partial charge < -0.3 is 15.5 Å². The maximum Gasteiger partial charge on any atom is 0.294 e. The van der Waals surface area contributed by atoms with Crippen LogP contribution in [0.3, 0.4) is 0 Å². The number of rotatable bonds is 6. The molecule has 0 saturated carbocycles. The van der Waals surface area contributed by atoms with E-state index >= 15 is 0 Å². The highest BCUT2D eigenvalue weighted by molar-refractivity contribution is 5.71. The Balaban J connectivity index is 3.12. The number of benzene rings is 1. The van der Waals surface area contributed by atoms with Crippen molar-refractivity contribution in [2.45, 2.75) is 13.3 Å². The van der Waals surface area contributed by atoms with Gasteiger partial charge in [0.15, 0.2) is 0 Å². The van der Waals surface area contributed by atoms with E-state index in [1.165, 1.54) is 6.07 Å². The third kappa shape index (κ3) is 3.82. The van der Waals surface area contributed by atoms with E-state index in [1.54, 1.807) is 0 Å². The molecule has 0 heterocycles. The standard InChI is InChI=1S/C13H22N4O2/c1-5-10-8-12(16(4)7-6-15(2)3)13(17(18)19)9-11(10)14/h8-9H,5-7,14H2,1-4H3. The van der Waals surface area contributed by atoms with Crippen LogP contribution >= 0.6 is 0 Å². The molecule has 0 amide bonds. The second-order valence-corrected chi connectivity index (χ2v) is 4.88. The lowest BCUT2D eigenvalue weighted by molar-refractivity contribution is -0.384. The van der Waals surface area contributed by atoms with Gasteiger partial charge in [0.25, 0.3) is 5.69 Å². The van der Waals surface area contributed by atoms with E-state index in [0.29, 0.717) is 11.4 Å². The fraction of sp³-hybridized carbons (Fsp3) is 0.538. The van der Waals surface area contributed by atoms with Gasteiger partial charge in [-0.2, -0.15) is 0 Å². The van der Waals surface area contributed by atoms with E-state index in [9.17, 15) is 10.1 Å². The monoisotopic (exact) mass is 266 g/mol. The summed E-state index contributed by atoms with van der Waals surface area (Å²) in [6, 6.07) is 3.28. The zero-order valence-electron chi connectivity index (χ0n) is 12.0.